The fourth-order valence-electron chi connectivity index (χ4n) is 0.628. The summed E-state index contributed by atoms with van der Waals surface area (Å²) in [6, 6.07) is 3.11. The summed E-state index contributed by atoms with van der Waals surface area (Å²) in [6.45, 7) is 0. The van der Waals surface area contributed by atoms with Crippen molar-refractivity contribution in [3.05, 3.63) is 33.8 Å². The third-order valence-corrected chi connectivity index (χ3v) is 1.13. The molecule has 0 N–H and O–H groups in total. The van der Waals surface area contributed by atoms with Gasteiger partial charge in [-0.3, -0.25) is 0 Å². The van der Waals surface area contributed by atoms with Crippen LogP contribution in [0.15, 0.2) is 28.6 Å². The third-order valence-electron chi connectivity index (χ3n) is 1.13. The number of hydrogen-bond donors (Lipinski definition) is 0. The monoisotopic (exact) mass is 154 g/mol. The molecule has 0 aromatic heterocycles. The smallest absolute Gasteiger partial charge is 0.152 e. The van der Waals surface area contributed by atoms with Crippen LogP contribution in [0.5, 0.6) is 0 Å². The van der Waals surface area contributed by atoms with Gasteiger partial charge in [-0.2, -0.15) is 0 Å². The Morgan fingerprint density at radius 3 is 2.45 bits per heavy atom. The second-order valence-corrected chi connectivity index (χ2v) is 1.82. The highest BCUT2D eigenvalue weighted by Crippen LogP contribution is 2.23. The predicted octanol–water partition coefficient (Wildman–Crippen LogP) is 2.62. The Labute approximate surface area is 61.0 Å². The number of nitrogens with zero attached hydrogens (tertiary/aromatic N) is 2. The summed E-state index contributed by atoms with van der Waals surface area (Å²) in [6.07, 6.45) is 0. The molecular formula is C6H3FN2O2. The molecule has 1 aromatic rings. The third kappa shape index (κ3) is 1.43. The van der Waals surface area contributed by atoms with E-state index in [9.17, 15) is 14.2 Å². The van der Waals surface area contributed by atoms with Crippen LogP contribution in [0, 0.1) is 15.6 Å². The molecule has 0 unspecified atom stereocenters. The highest BCUT2D eigenvalue weighted by molar-refractivity contribution is 5.50. The van der Waals surface area contributed by atoms with Crippen LogP contribution in [-0.4, -0.2) is 0 Å². The minimum atomic E-state index is -0.757. The van der Waals surface area contributed by atoms with E-state index in [0.717, 1.165) is 18.2 Å². The maximum absolute atomic E-state index is 12.5. The van der Waals surface area contributed by atoms with Gasteiger partial charge in [-0.15, -0.1) is 9.81 Å². The number of benzene rings is 1. The van der Waals surface area contributed by atoms with Crippen LogP contribution in [0.25, 0.3) is 0 Å². The Hall–Kier alpha value is -1.65. The molecule has 0 atom stereocenters. The zero-order chi connectivity index (χ0) is 8.27. The maximum atomic E-state index is 12.5. The van der Waals surface area contributed by atoms with Crippen molar-refractivity contribution in [1.29, 1.82) is 0 Å². The first-order chi connectivity index (χ1) is 5.27. The molecule has 5 heteroatoms. The van der Waals surface area contributed by atoms with Gasteiger partial charge in [0.2, 0.25) is 0 Å². The molecule has 0 saturated heterocycles. The quantitative estimate of drug-likeness (QED) is 0.614. The maximum Gasteiger partial charge on any atom is 0.152 e. The number of hydrogen-bond acceptors (Lipinski definition) is 4. The van der Waals surface area contributed by atoms with Crippen molar-refractivity contribution in [2.24, 2.45) is 10.4 Å². The van der Waals surface area contributed by atoms with Crippen LogP contribution in [0.1, 0.15) is 0 Å². The van der Waals surface area contributed by atoms with Crippen LogP contribution >= 0.6 is 0 Å². The SMILES string of the molecule is O=Nc1ccc(F)c(N=O)c1. The average molecular weight is 154 g/mol. The first kappa shape index (κ1) is 7.46. The van der Waals surface area contributed by atoms with E-state index in [0.29, 0.717) is 0 Å². The Balaban J connectivity index is 3.22. The normalized spacial score (nSPS) is 9.18. The lowest BCUT2D eigenvalue weighted by Crippen LogP contribution is -1.72. The van der Waals surface area contributed by atoms with Crippen molar-refractivity contribution >= 4 is 11.4 Å². The van der Waals surface area contributed by atoms with Crippen LogP contribution in [0.2, 0.25) is 0 Å². The first-order valence-corrected chi connectivity index (χ1v) is 2.74. The fourth-order valence-corrected chi connectivity index (χ4v) is 0.628. The van der Waals surface area contributed by atoms with Gasteiger partial charge in [0.25, 0.3) is 0 Å². The lowest BCUT2D eigenvalue weighted by atomic mass is 10.3. The van der Waals surface area contributed by atoms with Crippen LogP contribution < -0.4 is 0 Å². The molecule has 4 nitrogen and oxygen atoms in total. The van der Waals surface area contributed by atoms with Gasteiger partial charge >= 0.3 is 0 Å². The minimum absolute atomic E-state index is 0.0130. The standard InChI is InChI=1S/C6H3FN2O2/c7-5-2-1-4(8-10)3-6(5)9-11/h1-3H. The van der Waals surface area contributed by atoms with E-state index in [1.807, 2.05) is 0 Å². The van der Waals surface area contributed by atoms with E-state index >= 15 is 0 Å². The van der Waals surface area contributed by atoms with E-state index < -0.39 is 11.5 Å². The topological polar surface area (TPSA) is 58.9 Å². The van der Waals surface area contributed by atoms with Gasteiger partial charge < -0.3 is 0 Å². The molecule has 11 heavy (non-hydrogen) atoms. The summed E-state index contributed by atoms with van der Waals surface area (Å²) in [7, 11) is 0. The van der Waals surface area contributed by atoms with Gasteiger partial charge in [0.05, 0.1) is 0 Å². The summed E-state index contributed by atoms with van der Waals surface area (Å²) in [5.41, 5.74) is -0.414. The largest absolute Gasteiger partial charge is 0.204 e. The van der Waals surface area contributed by atoms with Gasteiger partial charge in [-0.25, -0.2) is 4.39 Å². The molecule has 0 radical (unpaired) electrons. The average Bonchev–Trinajstić information content (AvgIpc) is 2.05. The molecule has 0 saturated carbocycles. The van der Waals surface area contributed by atoms with E-state index in [1.165, 1.54) is 0 Å². The number of rotatable bonds is 2. The Morgan fingerprint density at radius 2 is 1.91 bits per heavy atom. The molecule has 0 aliphatic carbocycles. The number of halogens is 1. The van der Waals surface area contributed by atoms with Crippen molar-refractivity contribution in [1.82, 2.24) is 0 Å². The summed E-state index contributed by atoms with van der Waals surface area (Å²) in [5.74, 6) is -0.757. The molecule has 1 rings (SSSR count). The molecule has 0 heterocycles. The van der Waals surface area contributed by atoms with Gasteiger partial charge in [0, 0.05) is 0 Å². The fraction of sp³-hybridized carbons (Fsp3) is 0. The molecule has 0 aliphatic heterocycles. The number of nitroso groups, excluding NO2 is 2. The van der Waals surface area contributed by atoms with Crippen molar-refractivity contribution in [2.75, 3.05) is 0 Å². The minimum Gasteiger partial charge on any atom is -0.204 e. The van der Waals surface area contributed by atoms with Crippen molar-refractivity contribution < 1.29 is 4.39 Å². The van der Waals surface area contributed by atoms with E-state index in [-0.39, 0.29) is 5.69 Å². The molecule has 0 amide bonds. The second-order valence-electron chi connectivity index (χ2n) is 1.82. The first-order valence-electron chi connectivity index (χ1n) is 2.74. The predicted molar refractivity (Wildman–Crippen MR) is 37.3 cm³/mol. The van der Waals surface area contributed by atoms with Gasteiger partial charge in [0.1, 0.15) is 11.4 Å². The molecule has 1 aromatic carbocycles. The van der Waals surface area contributed by atoms with Crippen LogP contribution in [-0.2, 0) is 0 Å². The molecule has 0 bridgehead atoms. The van der Waals surface area contributed by atoms with Crippen molar-refractivity contribution in [3.63, 3.8) is 0 Å². The summed E-state index contributed by atoms with van der Waals surface area (Å²) >= 11 is 0. The zero-order valence-electron chi connectivity index (χ0n) is 5.32. The van der Waals surface area contributed by atoms with Crippen LogP contribution in [0.3, 0.4) is 0 Å². The zero-order valence-corrected chi connectivity index (χ0v) is 5.32. The summed E-state index contributed by atoms with van der Waals surface area (Å²) in [5, 5.41) is 4.86. The Bertz CT molecular complexity index is 301. The second kappa shape index (κ2) is 2.96. The molecule has 0 aliphatic rings. The Kier molecular flexibility index (Phi) is 2.00. The van der Waals surface area contributed by atoms with Gasteiger partial charge in [-0.1, -0.05) is 0 Å². The molecule has 0 fully saturated rings. The molecular weight excluding hydrogens is 151 g/mol. The summed E-state index contributed by atoms with van der Waals surface area (Å²) in [4.78, 5) is 19.7. The van der Waals surface area contributed by atoms with E-state index in [2.05, 4.69) is 10.4 Å². The highest BCUT2D eigenvalue weighted by Gasteiger charge is 2.02. The van der Waals surface area contributed by atoms with E-state index in [4.69, 9.17) is 0 Å². The van der Waals surface area contributed by atoms with Gasteiger partial charge in [0.15, 0.2) is 5.82 Å². The van der Waals surface area contributed by atoms with Crippen molar-refractivity contribution in [2.45, 2.75) is 0 Å². The lowest BCUT2D eigenvalue weighted by Gasteiger charge is -1.91. The van der Waals surface area contributed by atoms with Crippen LogP contribution in [0.4, 0.5) is 15.8 Å². The molecule has 0 spiro atoms. The van der Waals surface area contributed by atoms with Gasteiger partial charge in [-0.05, 0) is 28.6 Å². The van der Waals surface area contributed by atoms with Crippen molar-refractivity contribution in [3.8, 4) is 0 Å². The highest BCUT2D eigenvalue weighted by atomic mass is 19.1. The summed E-state index contributed by atoms with van der Waals surface area (Å²) < 4.78 is 12.5. The van der Waals surface area contributed by atoms with E-state index in [1.54, 1.807) is 0 Å². The Morgan fingerprint density at radius 1 is 1.18 bits per heavy atom. The molecule has 56 valence electrons. The lowest BCUT2D eigenvalue weighted by molar-refractivity contribution is 0.630.